The average molecular weight is 539 g/mol. The topological polar surface area (TPSA) is 122 Å². The third-order valence-electron chi connectivity index (χ3n) is 6.32. The number of aryl methyl sites for hydroxylation is 2. The molecule has 188 valence electrons. The van der Waals surface area contributed by atoms with E-state index in [2.05, 4.69) is 4.72 Å². The number of fused-ring (bicyclic) bond motifs is 2. The number of carbonyl (C=O) groups is 1. The first-order chi connectivity index (χ1) is 17.7. The molecule has 3 aromatic carbocycles. The van der Waals surface area contributed by atoms with Gasteiger partial charge in [-0.3, -0.25) is 0 Å². The number of benzene rings is 3. The van der Waals surface area contributed by atoms with Crippen molar-refractivity contribution in [1.82, 2.24) is 9.71 Å². The Morgan fingerprint density at radius 2 is 1.76 bits per heavy atom. The second-order valence-corrected chi connectivity index (χ2v) is 10.5. The van der Waals surface area contributed by atoms with Gasteiger partial charge >= 0.3 is 29.6 Å². The third kappa shape index (κ3) is 5.08. The molecule has 0 aliphatic carbocycles. The van der Waals surface area contributed by atoms with Gasteiger partial charge in [-0.1, -0.05) is 36.4 Å². The Morgan fingerprint density at radius 1 is 1.05 bits per heavy atom. The molecule has 0 amide bonds. The fourth-order valence-electron chi connectivity index (χ4n) is 4.30. The molecule has 38 heavy (non-hydrogen) atoms. The second kappa shape index (κ2) is 10.9. The van der Waals surface area contributed by atoms with Gasteiger partial charge in [0, 0.05) is 16.5 Å². The van der Waals surface area contributed by atoms with Crippen LogP contribution in [0.3, 0.4) is 0 Å². The molecule has 2 aromatic heterocycles. The average Bonchev–Trinajstić information content (AvgIpc) is 3.24. The van der Waals surface area contributed by atoms with Crippen LogP contribution in [0, 0.1) is 13.8 Å². The molecular formula is C28H23N2NaO6S. The summed E-state index contributed by atoms with van der Waals surface area (Å²) in [6.07, 6.45) is 0. The third-order valence-corrected chi connectivity index (χ3v) is 7.75. The zero-order valence-electron chi connectivity index (χ0n) is 21.4. The molecule has 0 aliphatic rings. The maximum Gasteiger partial charge on any atom is 1.00 e. The molecule has 5 rings (SSSR count). The van der Waals surface area contributed by atoms with Gasteiger partial charge in [-0.15, -0.1) is 0 Å². The monoisotopic (exact) mass is 538 g/mol. The number of aromatic nitrogens is 1. The van der Waals surface area contributed by atoms with E-state index < -0.39 is 16.0 Å². The van der Waals surface area contributed by atoms with Crippen LogP contribution >= 0.6 is 0 Å². The van der Waals surface area contributed by atoms with Gasteiger partial charge in [0.1, 0.15) is 23.6 Å². The van der Waals surface area contributed by atoms with E-state index in [1.165, 1.54) is 25.2 Å². The number of ether oxygens (including phenoxy) is 1. The maximum atomic E-state index is 12.3. The summed E-state index contributed by atoms with van der Waals surface area (Å²) in [7, 11) is -2.20. The van der Waals surface area contributed by atoms with E-state index in [1.807, 2.05) is 44.2 Å². The number of carbonyl (C=O) groups excluding carboxylic acids is 1. The van der Waals surface area contributed by atoms with Crippen molar-refractivity contribution >= 4 is 37.9 Å². The molecule has 10 heteroatoms. The molecule has 0 aliphatic heterocycles. The summed E-state index contributed by atoms with van der Waals surface area (Å²) in [4.78, 5) is 17.2. The molecule has 0 atom stereocenters. The fourth-order valence-corrected chi connectivity index (χ4v) is 5.03. The smallest absolute Gasteiger partial charge is 0.545 e. The van der Waals surface area contributed by atoms with E-state index in [9.17, 15) is 18.3 Å². The molecule has 5 aromatic rings. The summed E-state index contributed by atoms with van der Waals surface area (Å²) < 4.78 is 38.2. The summed E-state index contributed by atoms with van der Waals surface area (Å²) in [5.74, 6) is -0.542. The minimum Gasteiger partial charge on any atom is -0.545 e. The number of carboxylic acids is 1. The van der Waals surface area contributed by atoms with Crippen LogP contribution in [-0.4, -0.2) is 26.4 Å². The molecule has 0 fully saturated rings. The molecule has 0 spiro atoms. The van der Waals surface area contributed by atoms with Crippen molar-refractivity contribution < 1.29 is 57.0 Å². The number of nitrogens with one attached hydrogen (secondary N) is 1. The Labute approximate surface area is 242 Å². The molecule has 0 saturated heterocycles. The number of aromatic carboxylic acids is 1. The van der Waals surface area contributed by atoms with E-state index in [4.69, 9.17) is 14.1 Å². The van der Waals surface area contributed by atoms with Crippen LogP contribution in [0.5, 0.6) is 5.75 Å². The first-order valence-electron chi connectivity index (χ1n) is 11.5. The van der Waals surface area contributed by atoms with Crippen LogP contribution in [0.25, 0.3) is 33.3 Å². The largest absolute Gasteiger partial charge is 1.00 e. The number of carboxylic acid groups (broad SMARTS) is 1. The molecular weight excluding hydrogens is 515 g/mol. The van der Waals surface area contributed by atoms with Crippen LogP contribution in [0.2, 0.25) is 0 Å². The normalized spacial score (nSPS) is 11.4. The van der Waals surface area contributed by atoms with Crippen molar-refractivity contribution in [2.45, 2.75) is 25.3 Å². The zero-order valence-corrected chi connectivity index (χ0v) is 24.2. The zero-order chi connectivity index (χ0) is 26.3. The predicted molar refractivity (Wildman–Crippen MR) is 138 cm³/mol. The summed E-state index contributed by atoms with van der Waals surface area (Å²) in [6.45, 7) is 3.84. The molecule has 2 heterocycles. The van der Waals surface area contributed by atoms with E-state index in [-0.39, 0.29) is 46.6 Å². The van der Waals surface area contributed by atoms with Crippen molar-refractivity contribution in [2.75, 3.05) is 7.05 Å². The molecule has 1 N–H and O–H groups in total. The Balaban J connectivity index is 0.00000336. The quantitative estimate of drug-likeness (QED) is 0.308. The fraction of sp³-hybridized carbons (Fsp3) is 0.143. The SMILES string of the molecule is CNS(=O)(=O)c1ccc(COc2ccc(C)c3nc(-c4oc5ccccc5c4C)cc(C(=O)[O-])c23)cc1.[Na+]. The van der Waals surface area contributed by atoms with Gasteiger partial charge in [0.05, 0.1) is 21.8 Å². The number of furan rings is 1. The number of nitrogens with zero attached hydrogens (tertiary/aromatic N) is 1. The van der Waals surface area contributed by atoms with Crippen molar-refractivity contribution in [3.63, 3.8) is 0 Å². The van der Waals surface area contributed by atoms with Crippen LogP contribution in [0.4, 0.5) is 0 Å². The summed E-state index contributed by atoms with van der Waals surface area (Å²) in [6, 6.07) is 18.8. The Morgan fingerprint density at radius 3 is 2.42 bits per heavy atom. The number of sulfonamides is 1. The Kier molecular flexibility index (Phi) is 7.96. The molecule has 0 radical (unpaired) electrons. The Hall–Kier alpha value is -3.21. The first kappa shape index (κ1) is 27.8. The second-order valence-electron chi connectivity index (χ2n) is 8.64. The summed E-state index contributed by atoms with van der Waals surface area (Å²) >= 11 is 0. The van der Waals surface area contributed by atoms with E-state index >= 15 is 0 Å². The van der Waals surface area contributed by atoms with Gasteiger partial charge in [-0.25, -0.2) is 18.1 Å². The van der Waals surface area contributed by atoms with Crippen molar-refractivity contribution in [3.05, 3.63) is 89.0 Å². The van der Waals surface area contributed by atoms with E-state index in [0.717, 1.165) is 16.5 Å². The van der Waals surface area contributed by atoms with Gasteiger partial charge in [0.15, 0.2) is 5.76 Å². The maximum absolute atomic E-state index is 12.3. The van der Waals surface area contributed by atoms with Gasteiger partial charge in [0.25, 0.3) is 0 Å². The minimum absolute atomic E-state index is 0. The molecule has 8 nitrogen and oxygen atoms in total. The van der Waals surface area contributed by atoms with E-state index in [0.29, 0.717) is 39.3 Å². The number of hydrogen-bond acceptors (Lipinski definition) is 7. The summed E-state index contributed by atoms with van der Waals surface area (Å²) in [5.41, 5.74) is 3.82. The van der Waals surface area contributed by atoms with Crippen LogP contribution in [-0.2, 0) is 16.6 Å². The number of rotatable bonds is 7. The van der Waals surface area contributed by atoms with Crippen molar-refractivity contribution in [3.8, 4) is 17.2 Å². The van der Waals surface area contributed by atoms with Crippen LogP contribution < -0.4 is 44.1 Å². The van der Waals surface area contributed by atoms with Gasteiger partial charge in [-0.05, 0) is 62.4 Å². The van der Waals surface area contributed by atoms with Crippen molar-refractivity contribution in [1.29, 1.82) is 0 Å². The molecule has 0 unspecified atom stereocenters. The van der Waals surface area contributed by atoms with Gasteiger partial charge in [-0.2, -0.15) is 0 Å². The molecule has 0 saturated carbocycles. The van der Waals surface area contributed by atoms with E-state index in [1.54, 1.807) is 18.2 Å². The number of pyridine rings is 1. The predicted octanol–water partition coefficient (Wildman–Crippen LogP) is 1.12. The number of hydrogen-bond donors (Lipinski definition) is 1. The van der Waals surface area contributed by atoms with Crippen LogP contribution in [0.15, 0.2) is 76.0 Å². The number of para-hydroxylation sites is 1. The summed E-state index contributed by atoms with van der Waals surface area (Å²) in [5, 5.41) is 13.5. The standard InChI is InChI=1S/C28H24N2O6S.Na/c1-16-8-13-24(35-15-18-9-11-19(12-10-18)37(33,34)29-3)25-21(28(31)32)14-22(30-26(16)25)27-17(2)20-6-4-5-7-23(20)36-27;/h4-14,29H,15H2,1-3H3,(H,31,32);/q;+1/p-1. The van der Waals surface area contributed by atoms with Crippen LogP contribution in [0.1, 0.15) is 27.0 Å². The first-order valence-corrected chi connectivity index (χ1v) is 13.0. The van der Waals surface area contributed by atoms with Gasteiger partial charge in [0.2, 0.25) is 10.0 Å². The molecule has 0 bridgehead atoms. The van der Waals surface area contributed by atoms with Gasteiger partial charge < -0.3 is 19.1 Å². The minimum atomic E-state index is -3.55. The van der Waals surface area contributed by atoms with Crippen molar-refractivity contribution in [2.24, 2.45) is 0 Å². The Bertz CT molecular complexity index is 1780.